The summed E-state index contributed by atoms with van der Waals surface area (Å²) in [7, 11) is 0. The lowest BCUT2D eigenvalue weighted by Crippen LogP contribution is -2.58. The molecule has 0 saturated heterocycles. The van der Waals surface area contributed by atoms with Crippen molar-refractivity contribution in [2.75, 3.05) is 5.75 Å². The first-order valence-corrected chi connectivity index (χ1v) is 12.8. The number of thiol groups is 1. The van der Waals surface area contributed by atoms with E-state index in [9.17, 15) is 39.3 Å². The number of carboxylic acid groups (broad SMARTS) is 2. The van der Waals surface area contributed by atoms with E-state index >= 15 is 0 Å². The molecule has 13 nitrogen and oxygen atoms in total. The van der Waals surface area contributed by atoms with Gasteiger partial charge in [-0.1, -0.05) is 24.3 Å². The highest BCUT2D eigenvalue weighted by atomic mass is 32.1. The molecule has 40 heavy (non-hydrogen) atoms. The van der Waals surface area contributed by atoms with Gasteiger partial charge in [0.1, 0.15) is 29.6 Å². The number of benzene rings is 2. The number of amides is 3. The Kier molecular flexibility index (Phi) is 12.2. The third-order valence-electron chi connectivity index (χ3n) is 5.81. The second-order valence-corrected chi connectivity index (χ2v) is 9.35. The number of aromatic hydroxyl groups is 2. The van der Waals surface area contributed by atoms with Crippen molar-refractivity contribution in [1.29, 1.82) is 0 Å². The molecule has 0 aliphatic carbocycles. The molecule has 0 heterocycles. The number of hydrogen-bond donors (Lipinski definition) is 9. The molecule has 2 aromatic rings. The summed E-state index contributed by atoms with van der Waals surface area (Å²) in [6.07, 6.45) is -1.10. The number of phenolic OH excluding ortho intramolecular Hbond substituents is 2. The van der Waals surface area contributed by atoms with Gasteiger partial charge in [0.15, 0.2) is 0 Å². The zero-order valence-corrected chi connectivity index (χ0v) is 22.2. The van der Waals surface area contributed by atoms with Gasteiger partial charge in [-0.05, 0) is 41.8 Å². The van der Waals surface area contributed by atoms with Crippen LogP contribution in [0.1, 0.15) is 24.0 Å². The van der Waals surface area contributed by atoms with E-state index in [2.05, 4.69) is 28.6 Å². The van der Waals surface area contributed by atoms with Crippen LogP contribution in [-0.2, 0) is 36.8 Å². The summed E-state index contributed by atoms with van der Waals surface area (Å²) in [6.45, 7) is 0. The number of carboxylic acids is 2. The van der Waals surface area contributed by atoms with E-state index in [0.29, 0.717) is 11.1 Å². The van der Waals surface area contributed by atoms with E-state index in [-0.39, 0.29) is 36.5 Å². The van der Waals surface area contributed by atoms with Crippen LogP contribution in [-0.4, -0.2) is 80.0 Å². The predicted molar refractivity (Wildman–Crippen MR) is 146 cm³/mol. The molecule has 0 aliphatic rings. The maximum Gasteiger partial charge on any atom is 0.326 e. The van der Waals surface area contributed by atoms with Crippen molar-refractivity contribution in [3.8, 4) is 11.5 Å². The smallest absolute Gasteiger partial charge is 0.326 e. The van der Waals surface area contributed by atoms with Crippen LogP contribution in [0, 0.1) is 0 Å². The molecule has 14 heteroatoms. The van der Waals surface area contributed by atoms with E-state index in [1.54, 1.807) is 0 Å². The van der Waals surface area contributed by atoms with Gasteiger partial charge < -0.3 is 42.1 Å². The van der Waals surface area contributed by atoms with Gasteiger partial charge >= 0.3 is 11.9 Å². The van der Waals surface area contributed by atoms with Gasteiger partial charge in [-0.15, -0.1) is 0 Å². The highest BCUT2D eigenvalue weighted by molar-refractivity contribution is 7.80. The van der Waals surface area contributed by atoms with Crippen molar-refractivity contribution in [2.45, 2.75) is 49.9 Å². The maximum atomic E-state index is 13.3. The molecule has 216 valence electrons. The van der Waals surface area contributed by atoms with Gasteiger partial charge in [0.05, 0.1) is 6.04 Å². The summed E-state index contributed by atoms with van der Waals surface area (Å²) in [4.78, 5) is 61.8. The van der Waals surface area contributed by atoms with E-state index < -0.39 is 60.2 Å². The van der Waals surface area contributed by atoms with Crippen LogP contribution < -0.4 is 21.7 Å². The standard InChI is InChI=1S/C26H32N4O9S/c27-18(13-40)23(35)29-20(11-14-1-5-16(31)6-2-14)25(37)28-19(9-10-22(33)34)24(36)30-21(26(38)39)12-15-3-7-17(32)8-4-15/h1-8,18-21,31-32,40H,9-13,27H2,(H,28,37)(H,29,35)(H,30,36)(H,33,34)(H,38,39). The van der Waals surface area contributed by atoms with Gasteiger partial charge in [0, 0.05) is 25.0 Å². The molecule has 0 spiro atoms. The van der Waals surface area contributed by atoms with Gasteiger partial charge in [-0.3, -0.25) is 19.2 Å². The second kappa shape index (κ2) is 15.3. The monoisotopic (exact) mass is 576 g/mol. The van der Waals surface area contributed by atoms with Gasteiger partial charge in [-0.25, -0.2) is 4.79 Å². The lowest BCUT2D eigenvalue weighted by molar-refractivity contribution is -0.143. The van der Waals surface area contributed by atoms with E-state index in [1.165, 1.54) is 48.5 Å². The van der Waals surface area contributed by atoms with Crippen molar-refractivity contribution < 1.29 is 44.4 Å². The summed E-state index contributed by atoms with van der Waals surface area (Å²) < 4.78 is 0. The van der Waals surface area contributed by atoms with Crippen molar-refractivity contribution in [3.63, 3.8) is 0 Å². The van der Waals surface area contributed by atoms with Gasteiger partial charge in [0.25, 0.3) is 0 Å². The number of carbonyl (C=O) groups is 5. The Morgan fingerprint density at radius 3 is 1.57 bits per heavy atom. The SMILES string of the molecule is NC(CS)C(=O)NC(Cc1ccc(O)cc1)C(=O)NC(CCC(=O)O)C(=O)NC(Cc1ccc(O)cc1)C(=O)O. The number of carbonyl (C=O) groups excluding carboxylic acids is 3. The molecule has 4 unspecified atom stereocenters. The van der Waals surface area contributed by atoms with E-state index in [0.717, 1.165) is 0 Å². The minimum Gasteiger partial charge on any atom is -0.508 e. The third kappa shape index (κ3) is 10.5. The Morgan fingerprint density at radius 1 is 0.700 bits per heavy atom. The molecule has 0 bridgehead atoms. The van der Waals surface area contributed by atoms with Crippen LogP contribution in [0.5, 0.6) is 11.5 Å². The largest absolute Gasteiger partial charge is 0.508 e. The molecule has 0 fully saturated rings. The summed E-state index contributed by atoms with van der Waals surface area (Å²) >= 11 is 3.97. The zero-order chi connectivity index (χ0) is 29.8. The third-order valence-corrected chi connectivity index (χ3v) is 6.21. The Hall–Kier alpha value is -4.30. The molecule has 2 rings (SSSR count). The number of nitrogens with two attached hydrogens (primary N) is 1. The molecule has 0 saturated carbocycles. The fourth-order valence-electron chi connectivity index (χ4n) is 3.59. The first kappa shape index (κ1) is 31.9. The normalized spacial score (nSPS) is 13.8. The van der Waals surface area contributed by atoms with Crippen molar-refractivity contribution in [3.05, 3.63) is 59.7 Å². The Bertz CT molecular complexity index is 1190. The first-order chi connectivity index (χ1) is 18.9. The minimum absolute atomic E-state index is 0.0133. The van der Waals surface area contributed by atoms with Gasteiger partial charge in [0.2, 0.25) is 17.7 Å². The molecule has 0 aromatic heterocycles. The summed E-state index contributed by atoms with van der Waals surface area (Å²) in [6, 6.07) is 6.30. The van der Waals surface area contributed by atoms with Gasteiger partial charge in [-0.2, -0.15) is 12.6 Å². The summed E-state index contributed by atoms with van der Waals surface area (Å²) in [5, 5.41) is 45.0. The van der Waals surface area contributed by atoms with Crippen molar-refractivity contribution in [1.82, 2.24) is 16.0 Å². The molecule has 9 N–H and O–H groups in total. The van der Waals surface area contributed by atoms with Crippen LogP contribution in [0.25, 0.3) is 0 Å². The number of aliphatic carboxylic acids is 2. The zero-order valence-electron chi connectivity index (χ0n) is 21.3. The number of phenols is 2. The molecular weight excluding hydrogens is 544 g/mol. The lowest BCUT2D eigenvalue weighted by Gasteiger charge is -2.25. The van der Waals surface area contributed by atoms with Crippen LogP contribution in [0.15, 0.2) is 48.5 Å². The highest BCUT2D eigenvalue weighted by Crippen LogP contribution is 2.13. The minimum atomic E-state index is -1.46. The molecule has 2 aromatic carbocycles. The fourth-order valence-corrected chi connectivity index (χ4v) is 3.75. The van der Waals surface area contributed by atoms with E-state index in [4.69, 9.17) is 10.8 Å². The predicted octanol–water partition coefficient (Wildman–Crippen LogP) is -0.456. The lowest BCUT2D eigenvalue weighted by atomic mass is 10.0. The molecule has 0 aliphatic heterocycles. The number of rotatable bonds is 15. The second-order valence-electron chi connectivity index (χ2n) is 8.98. The average molecular weight is 577 g/mol. The highest BCUT2D eigenvalue weighted by Gasteiger charge is 2.31. The van der Waals surface area contributed by atoms with Crippen LogP contribution in [0.2, 0.25) is 0 Å². The summed E-state index contributed by atoms with van der Waals surface area (Å²) in [5.41, 5.74) is 6.75. The van der Waals surface area contributed by atoms with Crippen LogP contribution >= 0.6 is 12.6 Å². The summed E-state index contributed by atoms with van der Waals surface area (Å²) in [5.74, 6) is -5.16. The first-order valence-electron chi connectivity index (χ1n) is 12.2. The average Bonchev–Trinajstić information content (AvgIpc) is 2.91. The Morgan fingerprint density at radius 2 is 1.12 bits per heavy atom. The Labute approximate surface area is 235 Å². The quantitative estimate of drug-likeness (QED) is 0.124. The van der Waals surface area contributed by atoms with Crippen LogP contribution in [0.3, 0.4) is 0 Å². The number of hydrogen-bond acceptors (Lipinski definition) is 9. The van der Waals surface area contributed by atoms with E-state index in [1.807, 2.05) is 0 Å². The fraction of sp³-hybridized carbons (Fsp3) is 0.346. The molecule has 3 amide bonds. The number of nitrogens with one attached hydrogen (secondary N) is 3. The Balaban J connectivity index is 2.24. The molecule has 0 radical (unpaired) electrons. The molecule has 4 atom stereocenters. The van der Waals surface area contributed by atoms with Crippen molar-refractivity contribution >= 4 is 42.3 Å². The maximum absolute atomic E-state index is 13.3. The van der Waals surface area contributed by atoms with Crippen LogP contribution in [0.4, 0.5) is 0 Å². The molecular formula is C26H32N4O9S. The van der Waals surface area contributed by atoms with Crippen molar-refractivity contribution in [2.24, 2.45) is 5.73 Å². The topological polar surface area (TPSA) is 228 Å².